The van der Waals surface area contributed by atoms with Crippen LogP contribution in [0.5, 0.6) is 5.75 Å². The van der Waals surface area contributed by atoms with Gasteiger partial charge >= 0.3 is 0 Å². The summed E-state index contributed by atoms with van der Waals surface area (Å²) in [6, 6.07) is 7.40. The molecule has 0 saturated carbocycles. The number of fused-ring (bicyclic) bond motifs is 1. The fourth-order valence-electron chi connectivity index (χ4n) is 2.93. The second-order valence-corrected chi connectivity index (χ2v) is 15.9. The van der Waals surface area contributed by atoms with Gasteiger partial charge in [-0.2, -0.15) is 0 Å². The number of ether oxygens (including phenoxy) is 1. The predicted octanol–water partition coefficient (Wildman–Crippen LogP) is 4.34. The highest BCUT2D eigenvalue weighted by Gasteiger charge is 2.31. The highest BCUT2D eigenvalue weighted by molar-refractivity contribution is 7.99. The van der Waals surface area contributed by atoms with Gasteiger partial charge in [0, 0.05) is 22.5 Å². The van der Waals surface area contributed by atoms with Crippen LogP contribution < -0.4 is 14.7 Å². The molecule has 1 aromatic carbocycles. The largest absolute Gasteiger partial charge is 0.470 e. The molecule has 31 heavy (non-hydrogen) atoms. The van der Waals surface area contributed by atoms with E-state index in [1.165, 1.54) is 16.4 Å². The average molecular weight is 470 g/mol. The van der Waals surface area contributed by atoms with E-state index < -0.39 is 19.0 Å². The second kappa shape index (κ2) is 9.03. The minimum atomic E-state index is -1.49. The normalized spacial score (nSPS) is 12.9. The zero-order valence-corrected chi connectivity index (χ0v) is 21.3. The standard InChI is InChI=1S/C23H27N3O2S2Si/c1-8-15-11-16-12-17(9-10-18(16)24-13-15)28-21(29-4)20(27)26-23(2,3)19-14-30-22(25-19)31(5,6)7/h1,9-14,21H,2-7H3,(H,26,27). The topological polar surface area (TPSA) is 64.1 Å². The van der Waals surface area contributed by atoms with E-state index >= 15 is 0 Å². The molecule has 0 radical (unpaired) electrons. The quantitative estimate of drug-likeness (QED) is 0.317. The third kappa shape index (κ3) is 5.48. The fourth-order valence-corrected chi connectivity index (χ4v) is 6.18. The number of hydrogen-bond donors (Lipinski definition) is 1. The van der Waals surface area contributed by atoms with Crippen LogP contribution in [0.4, 0.5) is 0 Å². The van der Waals surface area contributed by atoms with Crippen LogP contribution in [-0.4, -0.2) is 35.6 Å². The zero-order valence-electron chi connectivity index (χ0n) is 18.6. The summed E-state index contributed by atoms with van der Waals surface area (Å²) in [6.45, 7) is 10.7. The van der Waals surface area contributed by atoms with E-state index in [9.17, 15) is 4.79 Å². The number of benzene rings is 1. The number of amides is 1. The summed E-state index contributed by atoms with van der Waals surface area (Å²) < 4.78 is 7.19. The lowest BCUT2D eigenvalue weighted by atomic mass is 10.0. The number of rotatable bonds is 7. The van der Waals surface area contributed by atoms with Gasteiger partial charge in [0.15, 0.2) is 0 Å². The van der Waals surface area contributed by atoms with Crippen LogP contribution in [0, 0.1) is 12.3 Å². The molecule has 5 nitrogen and oxygen atoms in total. The van der Waals surface area contributed by atoms with Crippen molar-refractivity contribution < 1.29 is 9.53 Å². The summed E-state index contributed by atoms with van der Waals surface area (Å²) >= 11 is 3.01. The van der Waals surface area contributed by atoms with E-state index in [1.807, 2.05) is 49.7 Å². The molecule has 2 heterocycles. The van der Waals surface area contributed by atoms with E-state index in [4.69, 9.17) is 16.1 Å². The highest BCUT2D eigenvalue weighted by Crippen LogP contribution is 2.25. The monoisotopic (exact) mass is 469 g/mol. The summed E-state index contributed by atoms with van der Waals surface area (Å²) in [6.07, 6.45) is 8.98. The zero-order chi connectivity index (χ0) is 22.8. The van der Waals surface area contributed by atoms with Crippen LogP contribution in [0.3, 0.4) is 0 Å². The molecular formula is C23H27N3O2S2Si. The first-order valence-corrected chi connectivity index (χ1v) is 15.5. The number of pyridine rings is 1. The molecule has 0 spiro atoms. The summed E-state index contributed by atoms with van der Waals surface area (Å²) in [5, 5.41) is 6.01. The van der Waals surface area contributed by atoms with Crippen LogP contribution in [0.25, 0.3) is 10.9 Å². The van der Waals surface area contributed by atoms with Gasteiger partial charge in [-0.15, -0.1) is 29.5 Å². The Morgan fingerprint density at radius 1 is 1.32 bits per heavy atom. The third-order valence-electron chi connectivity index (χ3n) is 4.71. The van der Waals surface area contributed by atoms with Gasteiger partial charge in [0.2, 0.25) is 5.44 Å². The van der Waals surface area contributed by atoms with Gasteiger partial charge in [0.05, 0.1) is 21.4 Å². The van der Waals surface area contributed by atoms with Crippen molar-refractivity contribution in [2.75, 3.05) is 6.26 Å². The van der Waals surface area contributed by atoms with Gasteiger partial charge in [-0.05, 0) is 44.4 Å². The van der Waals surface area contributed by atoms with Crippen LogP contribution in [0.2, 0.25) is 19.6 Å². The molecule has 3 rings (SSSR count). The van der Waals surface area contributed by atoms with Gasteiger partial charge in [0.1, 0.15) is 13.8 Å². The minimum Gasteiger partial charge on any atom is -0.470 e. The molecule has 8 heteroatoms. The SMILES string of the molecule is C#Cc1cnc2ccc(OC(SC)C(=O)NC(C)(C)c3csc([Si](C)(C)C)n3)cc2c1. The Morgan fingerprint density at radius 2 is 2.06 bits per heavy atom. The van der Waals surface area contributed by atoms with E-state index in [0.717, 1.165) is 16.6 Å². The highest BCUT2D eigenvalue weighted by atomic mass is 32.2. The Bertz CT molecular complexity index is 1150. The Hall–Kier alpha value is -2.34. The maximum atomic E-state index is 13.0. The Morgan fingerprint density at radius 3 is 2.68 bits per heavy atom. The van der Waals surface area contributed by atoms with Gasteiger partial charge < -0.3 is 10.1 Å². The molecule has 1 unspecified atom stereocenters. The fraction of sp³-hybridized carbons (Fsp3) is 0.348. The summed E-state index contributed by atoms with van der Waals surface area (Å²) in [7, 11) is -1.49. The van der Waals surface area contributed by atoms with Gasteiger partial charge in [-0.3, -0.25) is 9.78 Å². The number of terminal acetylenes is 1. The molecule has 162 valence electrons. The summed E-state index contributed by atoms with van der Waals surface area (Å²) in [5.41, 5.74) is 1.10. The van der Waals surface area contributed by atoms with Crippen molar-refractivity contribution >= 4 is 52.6 Å². The number of carbonyl (C=O) groups is 1. The van der Waals surface area contributed by atoms with Gasteiger partial charge in [-0.1, -0.05) is 25.6 Å². The molecule has 3 aromatic rings. The number of thiazole rings is 1. The first kappa shape index (κ1) is 23.3. The minimum absolute atomic E-state index is 0.198. The Kier molecular flexibility index (Phi) is 6.79. The van der Waals surface area contributed by atoms with Crippen LogP contribution in [0.15, 0.2) is 35.8 Å². The number of nitrogens with one attached hydrogen (secondary N) is 1. The molecule has 0 saturated heterocycles. The summed E-state index contributed by atoms with van der Waals surface area (Å²) in [5.74, 6) is 2.98. The number of hydrogen-bond acceptors (Lipinski definition) is 6. The average Bonchev–Trinajstić information content (AvgIpc) is 3.23. The van der Waals surface area contributed by atoms with Crippen molar-refractivity contribution in [3.05, 3.63) is 47.1 Å². The first-order chi connectivity index (χ1) is 14.5. The van der Waals surface area contributed by atoms with Crippen molar-refractivity contribution in [1.82, 2.24) is 15.3 Å². The molecule has 0 aliphatic carbocycles. The van der Waals surface area contributed by atoms with Gasteiger partial charge in [0.25, 0.3) is 5.91 Å². The van der Waals surface area contributed by atoms with Crippen LogP contribution >= 0.6 is 23.1 Å². The first-order valence-electron chi connectivity index (χ1n) is 9.88. The molecule has 0 bridgehead atoms. The lowest BCUT2D eigenvalue weighted by Crippen LogP contribution is -2.47. The predicted molar refractivity (Wildman–Crippen MR) is 134 cm³/mol. The molecule has 0 fully saturated rings. The number of nitrogens with zero attached hydrogens (tertiary/aromatic N) is 2. The molecule has 1 atom stereocenters. The maximum absolute atomic E-state index is 13.0. The number of carbonyl (C=O) groups excluding carboxylic acids is 1. The summed E-state index contributed by atoms with van der Waals surface area (Å²) in [4.78, 5) is 22.2. The smallest absolute Gasteiger partial charge is 0.272 e. The third-order valence-corrected chi connectivity index (χ3v) is 9.69. The lowest BCUT2D eigenvalue weighted by molar-refractivity contribution is -0.126. The van der Waals surface area contributed by atoms with E-state index in [2.05, 4.69) is 35.9 Å². The lowest BCUT2D eigenvalue weighted by Gasteiger charge is -2.27. The second-order valence-electron chi connectivity index (χ2n) is 8.81. The molecule has 0 aliphatic rings. The van der Waals surface area contributed by atoms with E-state index in [1.54, 1.807) is 17.5 Å². The molecule has 2 aromatic heterocycles. The van der Waals surface area contributed by atoms with Crippen molar-refractivity contribution in [3.63, 3.8) is 0 Å². The van der Waals surface area contributed by atoms with Crippen molar-refractivity contribution in [3.8, 4) is 18.1 Å². The van der Waals surface area contributed by atoms with Crippen molar-refractivity contribution in [2.24, 2.45) is 0 Å². The Balaban J connectivity index is 1.76. The molecule has 1 N–H and O–H groups in total. The molecule has 1 amide bonds. The number of thioether (sulfide) groups is 1. The van der Waals surface area contributed by atoms with E-state index in [-0.39, 0.29) is 5.91 Å². The van der Waals surface area contributed by atoms with Gasteiger partial charge in [-0.25, -0.2) is 4.98 Å². The molecular weight excluding hydrogens is 442 g/mol. The number of aromatic nitrogens is 2. The Labute approximate surface area is 193 Å². The maximum Gasteiger partial charge on any atom is 0.272 e. The van der Waals surface area contributed by atoms with Crippen LogP contribution in [0.1, 0.15) is 25.1 Å². The van der Waals surface area contributed by atoms with Crippen molar-refractivity contribution in [1.29, 1.82) is 0 Å². The van der Waals surface area contributed by atoms with Crippen molar-refractivity contribution in [2.45, 2.75) is 44.5 Å². The molecule has 0 aliphatic heterocycles. The van der Waals surface area contributed by atoms with E-state index in [0.29, 0.717) is 11.3 Å². The van der Waals surface area contributed by atoms with Crippen LogP contribution in [-0.2, 0) is 10.3 Å².